The van der Waals surface area contributed by atoms with Gasteiger partial charge in [-0.2, -0.15) is 5.10 Å². The van der Waals surface area contributed by atoms with E-state index in [0.29, 0.717) is 6.61 Å². The number of methoxy groups -OCH3 is 1. The maximum absolute atomic E-state index is 6.80. The minimum atomic E-state index is 0.0709. The molecule has 0 amide bonds. The summed E-state index contributed by atoms with van der Waals surface area (Å²) in [6, 6.07) is 0. The van der Waals surface area contributed by atoms with Crippen molar-refractivity contribution in [3.8, 4) is 11.1 Å². The molecule has 2 aliphatic rings. The summed E-state index contributed by atoms with van der Waals surface area (Å²) in [7, 11) is 1.69. The quantitative estimate of drug-likeness (QED) is 0.874. The summed E-state index contributed by atoms with van der Waals surface area (Å²) >= 11 is 6.80. The summed E-state index contributed by atoms with van der Waals surface area (Å²) in [5.41, 5.74) is 3.17. The molecule has 3 heterocycles. The summed E-state index contributed by atoms with van der Waals surface area (Å²) in [5.74, 6) is 0.925. The predicted octanol–water partition coefficient (Wildman–Crippen LogP) is 3.26. The number of nitrogens with zero attached hydrogens (tertiary/aromatic N) is 3. The molecule has 6 heteroatoms. The van der Waals surface area contributed by atoms with Crippen LogP contribution in [0, 0.1) is 0 Å². The number of fused-ring (bicyclic) bond motifs is 2. The van der Waals surface area contributed by atoms with Gasteiger partial charge in [-0.3, -0.25) is 4.68 Å². The summed E-state index contributed by atoms with van der Waals surface area (Å²) in [5, 5.41) is 8.59. The molecule has 23 heavy (non-hydrogen) atoms. The Hall–Kier alpha value is -1.85. The topological polar surface area (TPSA) is 52.0 Å². The lowest BCUT2D eigenvalue weighted by Gasteiger charge is -2.24. The first kappa shape index (κ1) is 14.7. The highest BCUT2D eigenvalue weighted by Gasteiger charge is 2.42. The van der Waals surface area contributed by atoms with Crippen LogP contribution >= 0.6 is 11.6 Å². The average molecular weight is 331 g/mol. The molecule has 0 radical (unpaired) electrons. The lowest BCUT2D eigenvalue weighted by Crippen LogP contribution is -2.25. The van der Waals surface area contributed by atoms with Gasteiger partial charge in [-0.1, -0.05) is 23.8 Å². The van der Waals surface area contributed by atoms with Crippen LogP contribution in [-0.2, 0) is 16.7 Å². The number of allylic oxidation sites excluding steroid dienone is 2. The Morgan fingerprint density at radius 2 is 2.17 bits per heavy atom. The van der Waals surface area contributed by atoms with Gasteiger partial charge in [-0.05, 0) is 12.8 Å². The van der Waals surface area contributed by atoms with Gasteiger partial charge in [0.05, 0.1) is 24.4 Å². The zero-order chi connectivity index (χ0) is 15.9. The van der Waals surface area contributed by atoms with E-state index in [-0.39, 0.29) is 5.41 Å². The van der Waals surface area contributed by atoms with Crippen LogP contribution < -0.4 is 5.32 Å². The fraction of sp³-hybridized carbons (Fsp3) is 0.412. The highest BCUT2D eigenvalue weighted by atomic mass is 35.5. The number of hydrogen-bond donors (Lipinski definition) is 1. The number of pyridine rings is 1. The molecule has 1 aliphatic carbocycles. The molecule has 0 aromatic carbocycles. The molecule has 2 aromatic rings. The van der Waals surface area contributed by atoms with Crippen LogP contribution in [0.2, 0.25) is 5.02 Å². The molecule has 120 valence electrons. The van der Waals surface area contributed by atoms with E-state index in [0.717, 1.165) is 53.5 Å². The standard InChI is InChI=1S/C17H19ClN4O/c1-23-7-6-22-10-12(8-21-22)13-9-19-16-14(15(13)18)17(11-20-16)4-2-3-5-17/h2-3,8-10H,4-7,11H2,1H3,(H,19,20). The largest absolute Gasteiger partial charge is 0.383 e. The number of rotatable bonds is 4. The van der Waals surface area contributed by atoms with Crippen molar-refractivity contribution < 1.29 is 4.74 Å². The van der Waals surface area contributed by atoms with Gasteiger partial charge in [0.1, 0.15) is 5.82 Å². The van der Waals surface area contributed by atoms with E-state index in [4.69, 9.17) is 16.3 Å². The van der Waals surface area contributed by atoms with Crippen molar-refractivity contribution >= 4 is 17.4 Å². The molecule has 0 saturated heterocycles. The second kappa shape index (κ2) is 5.65. The number of nitrogens with one attached hydrogen (secondary N) is 1. The molecule has 1 aliphatic heterocycles. The van der Waals surface area contributed by atoms with Crippen molar-refractivity contribution in [1.82, 2.24) is 14.8 Å². The maximum atomic E-state index is 6.80. The van der Waals surface area contributed by atoms with E-state index in [1.54, 1.807) is 7.11 Å². The first-order chi connectivity index (χ1) is 11.2. The minimum Gasteiger partial charge on any atom is -0.383 e. The molecule has 4 rings (SSSR count). The van der Waals surface area contributed by atoms with Gasteiger partial charge in [-0.25, -0.2) is 4.98 Å². The zero-order valence-corrected chi connectivity index (χ0v) is 13.8. The fourth-order valence-corrected chi connectivity index (χ4v) is 3.96. The SMILES string of the molecule is COCCn1cc(-c2cnc3c(c2Cl)C2(CC=CC2)CN3)cn1. The van der Waals surface area contributed by atoms with E-state index < -0.39 is 0 Å². The second-order valence-electron chi connectivity index (χ2n) is 6.21. The molecule has 1 N–H and O–H groups in total. The van der Waals surface area contributed by atoms with Crippen LogP contribution in [0.25, 0.3) is 11.1 Å². The van der Waals surface area contributed by atoms with Gasteiger partial charge in [0, 0.05) is 48.2 Å². The van der Waals surface area contributed by atoms with E-state index in [2.05, 4.69) is 27.6 Å². The lowest BCUT2D eigenvalue weighted by atomic mass is 9.80. The normalized spacial score (nSPS) is 17.7. The van der Waals surface area contributed by atoms with Crippen LogP contribution in [0.5, 0.6) is 0 Å². The smallest absolute Gasteiger partial charge is 0.131 e. The fourth-order valence-electron chi connectivity index (χ4n) is 3.51. The van der Waals surface area contributed by atoms with Crippen molar-refractivity contribution in [2.45, 2.75) is 24.8 Å². The molecule has 2 aromatic heterocycles. The van der Waals surface area contributed by atoms with Crippen LogP contribution in [-0.4, -0.2) is 35.0 Å². The van der Waals surface area contributed by atoms with Crippen molar-refractivity contribution in [3.05, 3.63) is 41.3 Å². The van der Waals surface area contributed by atoms with Crippen molar-refractivity contribution in [2.24, 2.45) is 0 Å². The Morgan fingerprint density at radius 3 is 2.96 bits per heavy atom. The molecule has 0 bridgehead atoms. The van der Waals surface area contributed by atoms with Gasteiger partial charge in [-0.15, -0.1) is 0 Å². The third-order valence-electron chi connectivity index (χ3n) is 4.79. The van der Waals surface area contributed by atoms with Crippen molar-refractivity contribution in [2.75, 3.05) is 25.6 Å². The molecular formula is C17H19ClN4O. The Kier molecular flexibility index (Phi) is 3.62. The number of anilines is 1. The highest BCUT2D eigenvalue weighted by molar-refractivity contribution is 6.34. The van der Waals surface area contributed by atoms with Gasteiger partial charge < -0.3 is 10.1 Å². The van der Waals surface area contributed by atoms with Crippen molar-refractivity contribution in [1.29, 1.82) is 0 Å². The summed E-state index contributed by atoms with van der Waals surface area (Å²) in [6.07, 6.45) is 12.2. The third-order valence-corrected chi connectivity index (χ3v) is 5.19. The molecular weight excluding hydrogens is 312 g/mol. The lowest BCUT2D eigenvalue weighted by molar-refractivity contribution is 0.183. The molecule has 1 spiro atoms. The highest BCUT2D eigenvalue weighted by Crippen LogP contribution is 2.49. The van der Waals surface area contributed by atoms with Gasteiger partial charge in [0.2, 0.25) is 0 Å². The molecule has 0 saturated carbocycles. The monoisotopic (exact) mass is 330 g/mol. The first-order valence-corrected chi connectivity index (χ1v) is 8.21. The molecule has 0 atom stereocenters. The number of hydrogen-bond acceptors (Lipinski definition) is 4. The predicted molar refractivity (Wildman–Crippen MR) is 90.9 cm³/mol. The summed E-state index contributed by atoms with van der Waals surface area (Å²) < 4.78 is 6.96. The molecule has 5 nitrogen and oxygen atoms in total. The Morgan fingerprint density at radius 1 is 1.35 bits per heavy atom. The Labute approximate surface area is 140 Å². The summed E-state index contributed by atoms with van der Waals surface area (Å²) in [4.78, 5) is 4.60. The molecule has 0 unspecified atom stereocenters. The average Bonchev–Trinajstić information content (AvgIpc) is 3.28. The van der Waals surface area contributed by atoms with E-state index in [1.807, 2.05) is 23.3 Å². The van der Waals surface area contributed by atoms with E-state index in [1.165, 1.54) is 0 Å². The van der Waals surface area contributed by atoms with Gasteiger partial charge >= 0.3 is 0 Å². The Balaban J connectivity index is 1.72. The molecule has 0 fully saturated rings. The van der Waals surface area contributed by atoms with E-state index in [9.17, 15) is 0 Å². The van der Waals surface area contributed by atoms with E-state index >= 15 is 0 Å². The van der Waals surface area contributed by atoms with Gasteiger partial charge in [0.25, 0.3) is 0 Å². The van der Waals surface area contributed by atoms with Crippen LogP contribution in [0.1, 0.15) is 18.4 Å². The summed E-state index contributed by atoms with van der Waals surface area (Å²) in [6.45, 7) is 2.26. The maximum Gasteiger partial charge on any atom is 0.131 e. The Bertz CT molecular complexity index is 760. The second-order valence-corrected chi connectivity index (χ2v) is 6.59. The third kappa shape index (κ3) is 2.35. The van der Waals surface area contributed by atoms with Crippen molar-refractivity contribution in [3.63, 3.8) is 0 Å². The van der Waals surface area contributed by atoms with Gasteiger partial charge in [0.15, 0.2) is 0 Å². The van der Waals surface area contributed by atoms with Crippen LogP contribution in [0.4, 0.5) is 5.82 Å². The minimum absolute atomic E-state index is 0.0709. The zero-order valence-electron chi connectivity index (χ0n) is 13.1. The van der Waals surface area contributed by atoms with Crippen LogP contribution in [0.15, 0.2) is 30.7 Å². The van der Waals surface area contributed by atoms with Crippen LogP contribution in [0.3, 0.4) is 0 Å². The number of aromatic nitrogens is 3. The number of ether oxygens (including phenoxy) is 1. The first-order valence-electron chi connectivity index (χ1n) is 7.83. The number of halogens is 1.